The Morgan fingerprint density at radius 2 is 1.92 bits per heavy atom. The number of ether oxygens (including phenoxy) is 3. The minimum atomic E-state index is -0.923. The summed E-state index contributed by atoms with van der Waals surface area (Å²) >= 11 is 0. The Hall–Kier alpha value is -1.59. The van der Waals surface area contributed by atoms with Crippen LogP contribution in [0.5, 0.6) is 5.75 Å². The van der Waals surface area contributed by atoms with Crippen LogP contribution < -0.4 is 4.74 Å². The molecule has 1 N–H and O–H groups in total. The van der Waals surface area contributed by atoms with E-state index in [2.05, 4.69) is 0 Å². The van der Waals surface area contributed by atoms with Crippen LogP contribution in [0.15, 0.2) is 24.3 Å². The van der Waals surface area contributed by atoms with Gasteiger partial charge in [-0.15, -0.1) is 0 Å². The second kappa shape index (κ2) is 7.53. The minimum Gasteiger partial charge on any atom is -0.494 e. The molecule has 2 saturated carbocycles. The Kier molecular flexibility index (Phi) is 5.41. The lowest BCUT2D eigenvalue weighted by Crippen LogP contribution is -2.44. The van der Waals surface area contributed by atoms with Gasteiger partial charge in [0.15, 0.2) is 0 Å². The Bertz CT molecular complexity index is 543. The average Bonchev–Trinajstić information content (AvgIpc) is 2.53. The number of aliphatic hydroxyl groups is 1. The number of hydrogen-bond acceptors (Lipinski definition) is 5. The van der Waals surface area contributed by atoms with Crippen LogP contribution in [-0.4, -0.2) is 37.5 Å². The van der Waals surface area contributed by atoms with Crippen molar-refractivity contribution in [3.8, 4) is 5.75 Å². The van der Waals surface area contributed by atoms with Crippen molar-refractivity contribution < 1.29 is 24.1 Å². The van der Waals surface area contributed by atoms with Gasteiger partial charge in [-0.05, 0) is 49.8 Å². The maximum Gasteiger partial charge on any atom is 0.308 e. The predicted molar refractivity (Wildman–Crippen MR) is 88.8 cm³/mol. The minimum absolute atomic E-state index is 0.202. The molecule has 0 bridgehead atoms. The monoisotopic (exact) mass is 334 g/mol. The molecule has 0 saturated heterocycles. The quantitative estimate of drug-likeness (QED) is 0.585. The molecule has 3 rings (SSSR count). The first-order valence-electron chi connectivity index (χ1n) is 8.76. The molecule has 2 aliphatic carbocycles. The van der Waals surface area contributed by atoms with Crippen molar-refractivity contribution in [2.75, 3.05) is 20.3 Å². The number of hydrogen-bond donors (Lipinski definition) is 1. The summed E-state index contributed by atoms with van der Waals surface area (Å²) in [6, 6.07) is 7.47. The first-order chi connectivity index (χ1) is 11.6. The number of rotatable bonds is 8. The van der Waals surface area contributed by atoms with Crippen molar-refractivity contribution >= 4 is 5.97 Å². The van der Waals surface area contributed by atoms with E-state index in [1.54, 1.807) is 0 Å². The van der Waals surface area contributed by atoms with Crippen molar-refractivity contribution in [3.05, 3.63) is 29.8 Å². The highest BCUT2D eigenvalue weighted by atomic mass is 16.5. The van der Waals surface area contributed by atoms with Gasteiger partial charge in [-0.25, -0.2) is 0 Å². The molecule has 0 heterocycles. The number of methoxy groups -OCH3 is 1. The second-order valence-corrected chi connectivity index (χ2v) is 6.81. The van der Waals surface area contributed by atoms with E-state index < -0.39 is 5.60 Å². The first kappa shape index (κ1) is 17.2. The van der Waals surface area contributed by atoms with Crippen molar-refractivity contribution in [1.29, 1.82) is 0 Å². The number of carbonyl (C=O) groups excluding carboxylic acids is 1. The molecule has 0 amide bonds. The standard InChI is InChI=1S/C19H26O5/c1-22-18(20)14-12-19(21,13-14)15-6-8-17(9-7-15)24-11-3-10-23-16-4-2-5-16/h6-9,14,16,21H,2-5,10-13H2,1H3. The molecular formula is C19H26O5. The summed E-state index contributed by atoms with van der Waals surface area (Å²) in [5, 5.41) is 10.5. The Labute approximate surface area is 142 Å². The smallest absolute Gasteiger partial charge is 0.308 e. The molecule has 2 aliphatic rings. The second-order valence-electron chi connectivity index (χ2n) is 6.81. The van der Waals surface area contributed by atoms with Gasteiger partial charge in [0, 0.05) is 6.42 Å². The third-order valence-corrected chi connectivity index (χ3v) is 5.06. The van der Waals surface area contributed by atoms with E-state index in [0.717, 1.165) is 24.3 Å². The topological polar surface area (TPSA) is 65.0 Å². The summed E-state index contributed by atoms with van der Waals surface area (Å²) < 4.78 is 16.1. The summed E-state index contributed by atoms with van der Waals surface area (Å²) in [6.07, 6.45) is 5.87. The average molecular weight is 334 g/mol. The van der Waals surface area contributed by atoms with Gasteiger partial charge >= 0.3 is 5.97 Å². The van der Waals surface area contributed by atoms with Gasteiger partial charge in [0.2, 0.25) is 0 Å². The summed E-state index contributed by atoms with van der Waals surface area (Å²) in [5.41, 5.74) is -0.100. The van der Waals surface area contributed by atoms with Gasteiger partial charge < -0.3 is 19.3 Å². The van der Waals surface area contributed by atoms with Crippen LogP contribution in [-0.2, 0) is 19.9 Å². The lowest BCUT2D eigenvalue weighted by Gasteiger charge is -2.42. The molecule has 5 heteroatoms. The summed E-state index contributed by atoms with van der Waals surface area (Å²) in [6.45, 7) is 1.37. The van der Waals surface area contributed by atoms with E-state index in [1.165, 1.54) is 26.4 Å². The maximum absolute atomic E-state index is 11.4. The van der Waals surface area contributed by atoms with Crippen LogP contribution in [0.3, 0.4) is 0 Å². The number of esters is 1. The number of carbonyl (C=O) groups is 1. The van der Waals surface area contributed by atoms with Crippen LogP contribution >= 0.6 is 0 Å². The van der Waals surface area contributed by atoms with Gasteiger partial charge in [0.25, 0.3) is 0 Å². The van der Waals surface area contributed by atoms with Crippen LogP contribution in [0.4, 0.5) is 0 Å². The van der Waals surface area contributed by atoms with Crippen LogP contribution in [0.25, 0.3) is 0 Å². The van der Waals surface area contributed by atoms with Crippen LogP contribution in [0.1, 0.15) is 44.1 Å². The summed E-state index contributed by atoms with van der Waals surface area (Å²) in [5.74, 6) is 0.338. The van der Waals surface area contributed by atoms with Gasteiger partial charge in [0.05, 0.1) is 37.9 Å². The lowest BCUT2D eigenvalue weighted by molar-refractivity contribution is -0.163. The zero-order chi connectivity index (χ0) is 17.0. The van der Waals surface area contributed by atoms with E-state index in [-0.39, 0.29) is 11.9 Å². The molecule has 5 nitrogen and oxygen atoms in total. The SMILES string of the molecule is COC(=O)C1CC(O)(c2ccc(OCCCOC3CCC3)cc2)C1. The molecule has 0 aliphatic heterocycles. The maximum atomic E-state index is 11.4. The molecule has 1 aromatic carbocycles. The summed E-state index contributed by atoms with van der Waals surface area (Å²) in [4.78, 5) is 11.4. The van der Waals surface area contributed by atoms with Crippen LogP contribution in [0.2, 0.25) is 0 Å². The van der Waals surface area contributed by atoms with E-state index in [1.807, 2.05) is 24.3 Å². The molecular weight excluding hydrogens is 308 g/mol. The zero-order valence-electron chi connectivity index (χ0n) is 14.2. The zero-order valence-corrected chi connectivity index (χ0v) is 14.2. The molecule has 1 aromatic rings. The van der Waals surface area contributed by atoms with Crippen molar-refractivity contribution in [3.63, 3.8) is 0 Å². The highest BCUT2D eigenvalue weighted by molar-refractivity contribution is 5.74. The van der Waals surface area contributed by atoms with Crippen LogP contribution in [0, 0.1) is 5.92 Å². The Morgan fingerprint density at radius 1 is 1.21 bits per heavy atom. The fourth-order valence-corrected chi connectivity index (χ4v) is 3.22. The third kappa shape index (κ3) is 3.90. The fourth-order valence-electron chi connectivity index (χ4n) is 3.22. The molecule has 0 radical (unpaired) electrons. The normalized spacial score (nSPS) is 26.3. The van der Waals surface area contributed by atoms with E-state index in [0.29, 0.717) is 25.6 Å². The first-order valence-corrected chi connectivity index (χ1v) is 8.76. The van der Waals surface area contributed by atoms with Gasteiger partial charge in [-0.1, -0.05) is 12.1 Å². The molecule has 0 atom stereocenters. The van der Waals surface area contributed by atoms with E-state index in [4.69, 9.17) is 14.2 Å². The fraction of sp³-hybridized carbons (Fsp3) is 0.632. The van der Waals surface area contributed by atoms with Gasteiger partial charge in [0.1, 0.15) is 5.75 Å². The van der Waals surface area contributed by atoms with Gasteiger partial charge in [-0.3, -0.25) is 4.79 Å². The van der Waals surface area contributed by atoms with Crippen molar-refractivity contribution in [1.82, 2.24) is 0 Å². The molecule has 0 aromatic heterocycles. The molecule has 0 unspecified atom stereocenters. The highest BCUT2D eigenvalue weighted by Gasteiger charge is 2.47. The number of benzene rings is 1. The summed E-state index contributed by atoms with van der Waals surface area (Å²) in [7, 11) is 1.38. The molecule has 132 valence electrons. The lowest BCUT2D eigenvalue weighted by atomic mass is 9.67. The van der Waals surface area contributed by atoms with Crippen molar-refractivity contribution in [2.24, 2.45) is 5.92 Å². The van der Waals surface area contributed by atoms with Crippen molar-refractivity contribution in [2.45, 2.75) is 50.2 Å². The molecule has 2 fully saturated rings. The predicted octanol–water partition coefficient (Wildman–Crippen LogP) is 2.80. The molecule has 24 heavy (non-hydrogen) atoms. The van der Waals surface area contributed by atoms with E-state index >= 15 is 0 Å². The highest BCUT2D eigenvalue weighted by Crippen LogP contribution is 2.46. The third-order valence-electron chi connectivity index (χ3n) is 5.06. The molecule has 0 spiro atoms. The Balaban J connectivity index is 1.39. The largest absolute Gasteiger partial charge is 0.494 e. The van der Waals surface area contributed by atoms with Gasteiger partial charge in [-0.2, -0.15) is 0 Å². The Morgan fingerprint density at radius 3 is 2.50 bits per heavy atom. The van der Waals surface area contributed by atoms with E-state index in [9.17, 15) is 9.90 Å².